The summed E-state index contributed by atoms with van der Waals surface area (Å²) < 4.78 is 2.84. The van der Waals surface area contributed by atoms with Crippen molar-refractivity contribution >= 4 is 5.91 Å². The van der Waals surface area contributed by atoms with Crippen LogP contribution in [0.5, 0.6) is 0 Å². The molecule has 0 fully saturated rings. The topological polar surface area (TPSA) is 33.0 Å². The van der Waals surface area contributed by atoms with Crippen molar-refractivity contribution in [2.75, 3.05) is 34.2 Å². The summed E-state index contributed by atoms with van der Waals surface area (Å²) in [6, 6.07) is 3.66. The number of quaternary nitrogens is 1. The second kappa shape index (κ2) is 5.77. The minimum Gasteiger partial charge on any atom is -0.352 e. The number of carbonyl (C=O) groups excluding carboxylic acids is 1. The lowest BCUT2D eigenvalue weighted by Gasteiger charge is -2.23. The molecule has 0 spiro atoms. The van der Waals surface area contributed by atoms with Gasteiger partial charge >= 0.3 is 0 Å². The predicted octanol–water partition coefficient (Wildman–Crippen LogP) is 0.337. The Hall–Kier alpha value is -1.42. The first-order chi connectivity index (χ1) is 7.88. The number of hydrogen-bond acceptors (Lipinski definition) is 1. The molecule has 0 saturated heterocycles. The smallest absolute Gasteiger partial charge is 0.251 e. The van der Waals surface area contributed by atoms with E-state index in [4.69, 9.17) is 0 Å². The third kappa shape index (κ3) is 5.45. The van der Waals surface area contributed by atoms with E-state index in [2.05, 4.69) is 26.5 Å². The molecule has 0 atom stereocenters. The van der Waals surface area contributed by atoms with Crippen LogP contribution in [0.4, 0.5) is 0 Å². The highest BCUT2D eigenvalue weighted by molar-refractivity contribution is 5.93. The van der Waals surface area contributed by atoms with Crippen molar-refractivity contribution in [1.29, 1.82) is 0 Å². The lowest BCUT2D eigenvalue weighted by atomic mass is 10.2. The SMILES string of the molecule is C[n+]1ccc(C(=O)NCCC[N+](C)(C)C)cc1. The molecule has 1 aromatic rings. The first-order valence-corrected chi connectivity index (χ1v) is 5.92. The Labute approximate surface area is 103 Å². The van der Waals surface area contributed by atoms with Gasteiger partial charge in [0.15, 0.2) is 12.4 Å². The van der Waals surface area contributed by atoms with E-state index in [9.17, 15) is 4.79 Å². The predicted molar refractivity (Wildman–Crippen MR) is 67.5 cm³/mol. The average Bonchev–Trinajstić information content (AvgIpc) is 2.24. The molecule has 17 heavy (non-hydrogen) atoms. The fourth-order valence-corrected chi connectivity index (χ4v) is 1.51. The van der Waals surface area contributed by atoms with Crippen molar-refractivity contribution in [2.45, 2.75) is 6.42 Å². The average molecular weight is 237 g/mol. The second-order valence-electron chi connectivity index (χ2n) is 5.38. The number of hydrogen-bond donors (Lipinski definition) is 1. The van der Waals surface area contributed by atoms with E-state index in [-0.39, 0.29) is 5.91 Å². The molecule has 1 N–H and O–H groups in total. The van der Waals surface area contributed by atoms with Crippen LogP contribution in [0.2, 0.25) is 0 Å². The molecule has 94 valence electrons. The molecular formula is C13H23N3O+2. The number of amides is 1. The quantitative estimate of drug-likeness (QED) is 0.447. The molecule has 0 unspecified atom stereocenters. The van der Waals surface area contributed by atoms with Crippen molar-refractivity contribution in [2.24, 2.45) is 7.05 Å². The zero-order chi connectivity index (χ0) is 12.9. The van der Waals surface area contributed by atoms with Crippen molar-refractivity contribution in [1.82, 2.24) is 5.32 Å². The van der Waals surface area contributed by atoms with E-state index in [1.807, 2.05) is 36.1 Å². The van der Waals surface area contributed by atoms with Crippen LogP contribution in [-0.2, 0) is 7.05 Å². The van der Waals surface area contributed by atoms with Gasteiger partial charge in [-0.1, -0.05) is 0 Å². The monoisotopic (exact) mass is 237 g/mol. The van der Waals surface area contributed by atoms with Crippen LogP contribution in [-0.4, -0.2) is 44.6 Å². The maximum absolute atomic E-state index is 11.8. The molecule has 0 aliphatic heterocycles. The van der Waals surface area contributed by atoms with Crippen molar-refractivity contribution in [3.05, 3.63) is 30.1 Å². The minimum absolute atomic E-state index is 0.00649. The summed E-state index contributed by atoms with van der Waals surface area (Å²) in [5.74, 6) is 0.00649. The maximum Gasteiger partial charge on any atom is 0.251 e. The van der Waals surface area contributed by atoms with Crippen LogP contribution in [0.15, 0.2) is 24.5 Å². The Bertz CT molecular complexity index is 365. The van der Waals surface area contributed by atoms with Gasteiger partial charge in [0.05, 0.1) is 33.3 Å². The third-order valence-electron chi connectivity index (χ3n) is 2.53. The molecule has 1 amide bonds. The first kappa shape index (κ1) is 13.6. The molecule has 0 aliphatic rings. The van der Waals surface area contributed by atoms with Crippen LogP contribution >= 0.6 is 0 Å². The summed E-state index contributed by atoms with van der Waals surface area (Å²) in [6.45, 7) is 1.79. The molecule has 1 rings (SSSR count). The van der Waals surface area contributed by atoms with Gasteiger partial charge in [-0.15, -0.1) is 0 Å². The molecular weight excluding hydrogens is 214 g/mol. The minimum atomic E-state index is 0.00649. The highest BCUT2D eigenvalue weighted by Gasteiger charge is 2.08. The van der Waals surface area contributed by atoms with Gasteiger partial charge in [-0.05, 0) is 0 Å². The molecule has 0 aromatic carbocycles. The van der Waals surface area contributed by atoms with Gasteiger partial charge in [0.25, 0.3) is 5.91 Å². The molecule has 4 nitrogen and oxygen atoms in total. The Balaban J connectivity index is 2.33. The first-order valence-electron chi connectivity index (χ1n) is 5.92. The van der Waals surface area contributed by atoms with Gasteiger partial charge in [0.1, 0.15) is 7.05 Å². The molecule has 1 heterocycles. The van der Waals surface area contributed by atoms with Gasteiger partial charge in [-0.2, -0.15) is 0 Å². The molecule has 1 aromatic heterocycles. The Morgan fingerprint density at radius 1 is 1.29 bits per heavy atom. The molecule has 0 bridgehead atoms. The molecule has 0 saturated carbocycles. The van der Waals surface area contributed by atoms with E-state index in [0.29, 0.717) is 5.56 Å². The summed E-state index contributed by atoms with van der Waals surface area (Å²) in [7, 11) is 8.39. The number of rotatable bonds is 5. The Kier molecular flexibility index (Phi) is 4.63. The Morgan fingerprint density at radius 2 is 1.88 bits per heavy atom. The van der Waals surface area contributed by atoms with Crippen LogP contribution in [0.25, 0.3) is 0 Å². The lowest BCUT2D eigenvalue weighted by molar-refractivity contribution is -0.870. The highest BCUT2D eigenvalue weighted by atomic mass is 16.1. The van der Waals surface area contributed by atoms with E-state index in [0.717, 1.165) is 24.0 Å². The number of nitrogens with one attached hydrogen (secondary N) is 1. The normalized spacial score (nSPS) is 11.3. The summed E-state index contributed by atoms with van der Waals surface area (Å²) in [4.78, 5) is 11.8. The van der Waals surface area contributed by atoms with E-state index in [1.54, 1.807) is 0 Å². The van der Waals surface area contributed by atoms with E-state index < -0.39 is 0 Å². The number of carbonyl (C=O) groups is 1. The largest absolute Gasteiger partial charge is 0.352 e. The van der Waals surface area contributed by atoms with Gasteiger partial charge < -0.3 is 9.80 Å². The summed E-state index contributed by atoms with van der Waals surface area (Å²) in [6.07, 6.45) is 4.75. The number of aryl methyl sites for hydroxylation is 1. The van der Waals surface area contributed by atoms with Crippen LogP contribution in [0.1, 0.15) is 16.8 Å². The highest BCUT2D eigenvalue weighted by Crippen LogP contribution is 1.96. The fourth-order valence-electron chi connectivity index (χ4n) is 1.51. The van der Waals surface area contributed by atoms with Crippen molar-refractivity contribution < 1.29 is 13.8 Å². The summed E-state index contributed by atoms with van der Waals surface area (Å²) in [5, 5.41) is 2.93. The van der Waals surface area contributed by atoms with Crippen LogP contribution in [0, 0.1) is 0 Å². The van der Waals surface area contributed by atoms with Crippen LogP contribution < -0.4 is 9.88 Å². The van der Waals surface area contributed by atoms with Gasteiger partial charge in [-0.3, -0.25) is 4.79 Å². The standard InChI is InChI=1S/C13H22N3O/c1-15-9-6-12(7-10-15)13(17)14-8-5-11-16(2,3)4/h6-7,9-10H,5,8,11H2,1-4H3/q+1/p+1. The van der Waals surface area contributed by atoms with Crippen LogP contribution in [0.3, 0.4) is 0 Å². The van der Waals surface area contributed by atoms with Crippen molar-refractivity contribution in [3.8, 4) is 0 Å². The molecule has 4 heteroatoms. The Morgan fingerprint density at radius 3 is 2.41 bits per heavy atom. The molecule has 0 aliphatic carbocycles. The van der Waals surface area contributed by atoms with Gasteiger partial charge in [-0.25, -0.2) is 4.57 Å². The summed E-state index contributed by atoms with van der Waals surface area (Å²) >= 11 is 0. The van der Waals surface area contributed by atoms with E-state index in [1.165, 1.54) is 0 Å². The fraction of sp³-hybridized carbons (Fsp3) is 0.538. The number of nitrogens with zero attached hydrogens (tertiary/aromatic N) is 2. The summed E-state index contributed by atoms with van der Waals surface area (Å²) in [5.41, 5.74) is 0.716. The number of pyridine rings is 1. The maximum atomic E-state index is 11.8. The van der Waals surface area contributed by atoms with E-state index >= 15 is 0 Å². The zero-order valence-electron chi connectivity index (χ0n) is 11.2. The van der Waals surface area contributed by atoms with Gasteiger partial charge in [0, 0.05) is 25.1 Å². The zero-order valence-corrected chi connectivity index (χ0v) is 11.2. The number of aromatic nitrogens is 1. The second-order valence-corrected chi connectivity index (χ2v) is 5.38. The van der Waals surface area contributed by atoms with Crippen molar-refractivity contribution in [3.63, 3.8) is 0 Å². The lowest BCUT2D eigenvalue weighted by Crippen LogP contribution is -2.37. The molecule has 0 radical (unpaired) electrons. The van der Waals surface area contributed by atoms with Gasteiger partial charge in [0.2, 0.25) is 0 Å². The third-order valence-corrected chi connectivity index (χ3v) is 2.53.